The van der Waals surface area contributed by atoms with Crippen LogP contribution in [-0.4, -0.2) is 8.80 Å². The first-order valence-corrected chi connectivity index (χ1v) is 6.12. The number of rotatable bonds is 6. The van der Waals surface area contributed by atoms with Gasteiger partial charge in [0, 0.05) is 8.80 Å². The van der Waals surface area contributed by atoms with Gasteiger partial charge in [-0.05, 0) is 18.1 Å². The molecule has 0 aromatic carbocycles. The van der Waals surface area contributed by atoms with Gasteiger partial charge >= 0.3 is 0 Å². The van der Waals surface area contributed by atoms with Gasteiger partial charge in [0.1, 0.15) is 0 Å². The van der Waals surface area contributed by atoms with Crippen LogP contribution in [0.1, 0.15) is 0 Å². The van der Waals surface area contributed by atoms with Crippen molar-refractivity contribution in [1.82, 2.24) is 0 Å². The van der Waals surface area contributed by atoms with Crippen LogP contribution in [0, 0.1) is 0 Å². The van der Waals surface area contributed by atoms with Gasteiger partial charge in [0.25, 0.3) is 0 Å². The lowest BCUT2D eigenvalue weighted by atomic mass is 10.7. The Morgan fingerprint density at radius 1 is 0.800 bits per heavy atom. The van der Waals surface area contributed by atoms with Crippen LogP contribution in [0.15, 0.2) is 38.0 Å². The van der Waals surface area contributed by atoms with Crippen molar-refractivity contribution < 1.29 is 0 Å². The molecule has 0 nitrogen and oxygen atoms in total. The van der Waals surface area contributed by atoms with Crippen molar-refractivity contribution >= 4 is 8.80 Å². The maximum absolute atomic E-state index is 3.73. The van der Waals surface area contributed by atoms with Crippen molar-refractivity contribution in [3.8, 4) is 0 Å². The first kappa shape index (κ1) is 9.44. The second-order valence-corrected chi connectivity index (χ2v) is 5.59. The van der Waals surface area contributed by atoms with Crippen molar-refractivity contribution in [1.29, 1.82) is 0 Å². The van der Waals surface area contributed by atoms with E-state index in [-0.39, 0.29) is 0 Å². The molecule has 0 aliphatic rings. The van der Waals surface area contributed by atoms with E-state index in [1.807, 2.05) is 18.2 Å². The molecule has 0 aliphatic heterocycles. The Kier molecular flexibility index (Phi) is 6.19. The van der Waals surface area contributed by atoms with E-state index in [9.17, 15) is 0 Å². The molecule has 0 radical (unpaired) electrons. The summed E-state index contributed by atoms with van der Waals surface area (Å²) in [4.78, 5) is 0. The molecule has 0 saturated carbocycles. The number of allylic oxidation sites excluding steroid dienone is 3. The number of hydrogen-bond donors (Lipinski definition) is 0. The highest BCUT2D eigenvalue weighted by Gasteiger charge is 2.02. The molecule has 0 atom stereocenters. The second kappa shape index (κ2) is 6.56. The van der Waals surface area contributed by atoms with Crippen LogP contribution < -0.4 is 0 Å². The third-order valence-electron chi connectivity index (χ3n) is 1.50. The summed E-state index contributed by atoms with van der Waals surface area (Å²) in [6, 6.07) is 3.62. The maximum Gasteiger partial charge on any atom is 0.0480 e. The predicted molar refractivity (Wildman–Crippen MR) is 52.2 cm³/mol. The van der Waals surface area contributed by atoms with E-state index in [0.717, 1.165) is 0 Å². The van der Waals surface area contributed by atoms with Crippen molar-refractivity contribution in [2.45, 2.75) is 18.1 Å². The molecule has 0 amide bonds. The molecule has 0 aromatic rings. The van der Waals surface area contributed by atoms with Gasteiger partial charge in [-0.15, -0.1) is 19.7 Å². The van der Waals surface area contributed by atoms with Crippen LogP contribution in [-0.2, 0) is 0 Å². The zero-order chi connectivity index (χ0) is 7.82. The molecule has 0 saturated heterocycles. The highest BCUT2D eigenvalue weighted by Crippen LogP contribution is 2.06. The maximum atomic E-state index is 3.73. The zero-order valence-corrected chi connectivity index (χ0v) is 7.71. The van der Waals surface area contributed by atoms with E-state index < -0.39 is 8.80 Å². The van der Waals surface area contributed by atoms with E-state index in [4.69, 9.17) is 0 Å². The minimum absolute atomic E-state index is 0.588. The van der Waals surface area contributed by atoms with Gasteiger partial charge in [-0.3, -0.25) is 0 Å². The fourth-order valence-corrected chi connectivity index (χ4v) is 2.99. The zero-order valence-electron chi connectivity index (χ0n) is 6.55. The molecule has 1 heteroatoms. The van der Waals surface area contributed by atoms with Gasteiger partial charge in [-0.2, -0.15) is 0 Å². The molecule has 0 aliphatic carbocycles. The summed E-state index contributed by atoms with van der Waals surface area (Å²) in [5, 5.41) is 0. The van der Waals surface area contributed by atoms with E-state index in [0.29, 0.717) is 0 Å². The Bertz CT molecular complexity index is 92.1. The van der Waals surface area contributed by atoms with Crippen molar-refractivity contribution in [2.24, 2.45) is 0 Å². The lowest BCUT2D eigenvalue weighted by molar-refractivity contribution is 1.45. The standard InChI is InChI=1S/C9H16Si/c1-4-7-10(8-5-2)9-6-3/h4-6,10H,1-3,7-9H2. The van der Waals surface area contributed by atoms with Crippen LogP contribution in [0.2, 0.25) is 18.1 Å². The molecule has 56 valence electrons. The summed E-state index contributed by atoms with van der Waals surface area (Å²) in [5.41, 5.74) is 0. The average molecular weight is 152 g/mol. The van der Waals surface area contributed by atoms with Crippen LogP contribution in [0.3, 0.4) is 0 Å². The van der Waals surface area contributed by atoms with Crippen molar-refractivity contribution in [2.75, 3.05) is 0 Å². The Balaban J connectivity index is 3.58. The fraction of sp³-hybridized carbons (Fsp3) is 0.333. The minimum Gasteiger partial charge on any atom is -0.103 e. The first-order chi connectivity index (χ1) is 4.85. The van der Waals surface area contributed by atoms with E-state index in [1.165, 1.54) is 18.1 Å². The predicted octanol–water partition coefficient (Wildman–Crippen LogP) is 2.77. The normalized spacial score (nSPS) is 9.30. The molecule has 10 heavy (non-hydrogen) atoms. The monoisotopic (exact) mass is 152 g/mol. The van der Waals surface area contributed by atoms with Crippen molar-refractivity contribution in [3.05, 3.63) is 38.0 Å². The summed E-state index contributed by atoms with van der Waals surface area (Å²) in [6.07, 6.45) is 6.05. The third kappa shape index (κ3) is 4.33. The van der Waals surface area contributed by atoms with Gasteiger partial charge in [0.2, 0.25) is 0 Å². The minimum atomic E-state index is -0.588. The third-order valence-corrected chi connectivity index (χ3v) is 4.50. The van der Waals surface area contributed by atoms with Crippen molar-refractivity contribution in [3.63, 3.8) is 0 Å². The van der Waals surface area contributed by atoms with Crippen LogP contribution in [0.4, 0.5) is 0 Å². The summed E-state index contributed by atoms with van der Waals surface area (Å²) >= 11 is 0. The summed E-state index contributed by atoms with van der Waals surface area (Å²) in [6.45, 7) is 11.2. The summed E-state index contributed by atoms with van der Waals surface area (Å²) < 4.78 is 0. The average Bonchev–Trinajstić information content (AvgIpc) is 1.90. The van der Waals surface area contributed by atoms with Crippen LogP contribution in [0.25, 0.3) is 0 Å². The SMILES string of the molecule is C=CC[SiH](CC=C)CC=C. The Morgan fingerprint density at radius 2 is 1.10 bits per heavy atom. The van der Waals surface area contributed by atoms with Gasteiger partial charge in [0.15, 0.2) is 0 Å². The quantitative estimate of drug-likeness (QED) is 0.405. The smallest absolute Gasteiger partial charge is 0.0480 e. The van der Waals surface area contributed by atoms with Gasteiger partial charge < -0.3 is 0 Å². The molecular formula is C9H16Si. The highest BCUT2D eigenvalue weighted by atomic mass is 28.3. The molecule has 0 spiro atoms. The van der Waals surface area contributed by atoms with E-state index in [2.05, 4.69) is 19.7 Å². The molecule has 0 rings (SSSR count). The fourth-order valence-electron chi connectivity index (χ4n) is 0.996. The molecule has 0 aromatic heterocycles. The largest absolute Gasteiger partial charge is 0.103 e. The summed E-state index contributed by atoms with van der Waals surface area (Å²) in [5.74, 6) is 0. The van der Waals surface area contributed by atoms with Gasteiger partial charge in [0.05, 0.1) is 0 Å². The van der Waals surface area contributed by atoms with Crippen LogP contribution in [0.5, 0.6) is 0 Å². The Labute approximate surface area is 65.6 Å². The van der Waals surface area contributed by atoms with Gasteiger partial charge in [-0.1, -0.05) is 18.2 Å². The van der Waals surface area contributed by atoms with Gasteiger partial charge in [-0.25, -0.2) is 0 Å². The second-order valence-electron chi connectivity index (χ2n) is 2.44. The number of hydrogen-bond acceptors (Lipinski definition) is 0. The Hall–Kier alpha value is -0.563. The molecular weight excluding hydrogens is 136 g/mol. The molecule has 0 N–H and O–H groups in total. The van der Waals surface area contributed by atoms with E-state index in [1.54, 1.807) is 0 Å². The van der Waals surface area contributed by atoms with Crippen LogP contribution >= 0.6 is 0 Å². The molecule has 0 fully saturated rings. The lowest BCUT2D eigenvalue weighted by Gasteiger charge is -2.05. The lowest BCUT2D eigenvalue weighted by Crippen LogP contribution is -2.07. The van der Waals surface area contributed by atoms with E-state index >= 15 is 0 Å². The highest BCUT2D eigenvalue weighted by molar-refractivity contribution is 6.60. The topological polar surface area (TPSA) is 0 Å². The molecule has 0 unspecified atom stereocenters. The molecule has 0 bridgehead atoms. The first-order valence-electron chi connectivity index (χ1n) is 3.67. The Morgan fingerprint density at radius 3 is 1.30 bits per heavy atom. The molecule has 0 heterocycles. The summed E-state index contributed by atoms with van der Waals surface area (Å²) in [7, 11) is -0.588.